The fourth-order valence-electron chi connectivity index (χ4n) is 3.12. The van der Waals surface area contributed by atoms with Gasteiger partial charge in [-0.1, -0.05) is 6.07 Å². The molecule has 12 heteroatoms. The third kappa shape index (κ3) is 7.56. The van der Waals surface area contributed by atoms with E-state index >= 15 is 0 Å². The van der Waals surface area contributed by atoms with Gasteiger partial charge in [-0.15, -0.1) is 0 Å². The van der Waals surface area contributed by atoms with E-state index in [1.54, 1.807) is 20.8 Å². The number of benzene rings is 2. The van der Waals surface area contributed by atoms with Gasteiger partial charge in [0, 0.05) is 18.2 Å². The maximum Gasteiger partial charge on any atom is 0.417 e. The van der Waals surface area contributed by atoms with Crippen LogP contribution in [0.15, 0.2) is 36.4 Å². The van der Waals surface area contributed by atoms with Crippen LogP contribution in [0.3, 0.4) is 0 Å². The van der Waals surface area contributed by atoms with Crippen molar-refractivity contribution in [3.8, 4) is 11.5 Å². The Morgan fingerprint density at radius 1 is 0.829 bits per heavy atom. The van der Waals surface area contributed by atoms with E-state index in [0.717, 1.165) is 0 Å². The molecule has 0 N–H and O–H groups in total. The Balaban J connectivity index is 2.71. The number of rotatable bonds is 12. The van der Waals surface area contributed by atoms with Crippen LogP contribution < -0.4 is 14.8 Å². The Bertz CT molecular complexity index is 961. The first-order chi connectivity index (χ1) is 16.5. The lowest BCUT2D eigenvalue weighted by Crippen LogP contribution is -2.23. The molecular weight excluding hydrogens is 501 g/mol. The first-order valence-electron chi connectivity index (χ1n) is 10.7. The topological polar surface area (TPSA) is 54.0 Å². The molecule has 2 rings (SSSR count). The number of halogens is 6. The van der Waals surface area contributed by atoms with Gasteiger partial charge in [0.15, 0.2) is 0 Å². The molecule has 0 aliphatic carbocycles. The van der Waals surface area contributed by atoms with Crippen molar-refractivity contribution in [2.24, 2.45) is 0 Å². The third-order valence-corrected chi connectivity index (χ3v) is 6.33. The van der Waals surface area contributed by atoms with Crippen LogP contribution in [-0.2, 0) is 21.6 Å². The molecule has 0 saturated carbocycles. The number of alkyl halides is 6. The number of carbonyl (C=O) groups is 1. The van der Waals surface area contributed by atoms with Crippen molar-refractivity contribution in [2.45, 2.75) is 33.1 Å². The smallest absolute Gasteiger partial charge is 0.417 e. The molecule has 1 atom stereocenters. The summed E-state index contributed by atoms with van der Waals surface area (Å²) < 4.78 is 104. The molecule has 0 fully saturated rings. The molecule has 0 aliphatic heterocycles. The highest BCUT2D eigenvalue weighted by atomic mass is 31.1. The number of hydrogen-bond acceptors (Lipinski definition) is 5. The molecule has 0 aromatic heterocycles. The van der Waals surface area contributed by atoms with E-state index < -0.39 is 42.7 Å². The summed E-state index contributed by atoms with van der Waals surface area (Å²) in [6, 6.07) is 5.70. The van der Waals surface area contributed by atoms with Crippen LogP contribution in [-0.4, -0.2) is 38.6 Å². The molecule has 0 radical (unpaired) electrons. The van der Waals surface area contributed by atoms with Crippen molar-refractivity contribution < 1.29 is 49.9 Å². The molecule has 0 spiro atoms. The zero-order valence-electron chi connectivity index (χ0n) is 19.3. The highest BCUT2D eigenvalue weighted by Crippen LogP contribution is 2.49. The lowest BCUT2D eigenvalue weighted by atomic mass is 10.0. The zero-order valence-corrected chi connectivity index (χ0v) is 20.2. The standard InChI is InChI=1S/C23H25F6O5P/c1-4-31-12-13-34-35(19-11-10-15(32-5-2)14-18(19)33-6-3)21(30)20-16(22(24,25)26)8-7-9-17(20)23(27,28)29/h7-11,14H,4-6,12-13H2,1-3H3. The van der Waals surface area contributed by atoms with Gasteiger partial charge < -0.3 is 18.7 Å². The summed E-state index contributed by atoms with van der Waals surface area (Å²) in [6.07, 6.45) is -10.4. The van der Waals surface area contributed by atoms with Crippen LogP contribution in [0.4, 0.5) is 26.3 Å². The van der Waals surface area contributed by atoms with Crippen LogP contribution in [0.1, 0.15) is 42.3 Å². The van der Waals surface area contributed by atoms with E-state index in [1.807, 2.05) is 0 Å². The number of hydrogen-bond donors (Lipinski definition) is 0. The molecule has 0 bridgehead atoms. The van der Waals surface area contributed by atoms with E-state index in [2.05, 4.69) is 0 Å². The molecule has 0 heterocycles. The van der Waals surface area contributed by atoms with Gasteiger partial charge in [0.05, 0.1) is 42.9 Å². The van der Waals surface area contributed by atoms with Crippen molar-refractivity contribution in [1.82, 2.24) is 0 Å². The van der Waals surface area contributed by atoms with E-state index in [0.29, 0.717) is 37.2 Å². The molecule has 2 aromatic carbocycles. The fourth-order valence-corrected chi connectivity index (χ4v) is 4.83. The normalized spacial score (nSPS) is 12.9. The first kappa shape index (κ1) is 28.9. The van der Waals surface area contributed by atoms with Crippen molar-refractivity contribution in [3.05, 3.63) is 53.1 Å². The maximum absolute atomic E-state index is 13.7. The van der Waals surface area contributed by atoms with Crippen molar-refractivity contribution in [3.63, 3.8) is 0 Å². The lowest BCUT2D eigenvalue weighted by molar-refractivity contribution is -0.143. The molecule has 0 aliphatic rings. The summed E-state index contributed by atoms with van der Waals surface area (Å²) in [5, 5.41) is 0.0249. The molecule has 0 amide bonds. The Kier molecular flexibility index (Phi) is 10.4. The minimum Gasteiger partial charge on any atom is -0.494 e. The highest BCUT2D eigenvalue weighted by Gasteiger charge is 2.45. The number of ether oxygens (including phenoxy) is 3. The molecule has 1 unspecified atom stereocenters. The molecule has 5 nitrogen and oxygen atoms in total. The van der Waals surface area contributed by atoms with Gasteiger partial charge in [0.2, 0.25) is 5.52 Å². The Morgan fingerprint density at radius 2 is 1.43 bits per heavy atom. The first-order valence-corrected chi connectivity index (χ1v) is 11.9. The van der Waals surface area contributed by atoms with Gasteiger partial charge in [0.25, 0.3) is 0 Å². The van der Waals surface area contributed by atoms with E-state index in [1.165, 1.54) is 18.2 Å². The quantitative estimate of drug-likeness (QED) is 0.181. The third-order valence-electron chi connectivity index (χ3n) is 4.49. The van der Waals surface area contributed by atoms with Crippen molar-refractivity contribution >= 4 is 19.0 Å². The Hall–Kier alpha value is -2.36. The Labute approximate surface area is 200 Å². The highest BCUT2D eigenvalue weighted by molar-refractivity contribution is 7.78. The fraction of sp³-hybridized carbons (Fsp3) is 0.435. The van der Waals surface area contributed by atoms with Crippen LogP contribution in [0.5, 0.6) is 11.5 Å². The van der Waals surface area contributed by atoms with Crippen molar-refractivity contribution in [1.29, 1.82) is 0 Å². The van der Waals surface area contributed by atoms with Gasteiger partial charge in [0.1, 0.15) is 19.6 Å². The minimum atomic E-state index is -5.21. The predicted molar refractivity (Wildman–Crippen MR) is 119 cm³/mol. The number of carbonyl (C=O) groups excluding carboxylic acids is 1. The van der Waals surface area contributed by atoms with Crippen molar-refractivity contribution in [2.75, 3.05) is 33.0 Å². The molecule has 0 saturated heterocycles. The largest absolute Gasteiger partial charge is 0.494 e. The molecule has 2 aromatic rings. The van der Waals surface area contributed by atoms with E-state index in [9.17, 15) is 31.1 Å². The molecule has 194 valence electrons. The summed E-state index contributed by atoms with van der Waals surface area (Å²) >= 11 is 0. The summed E-state index contributed by atoms with van der Waals surface area (Å²) in [5.74, 6) is 0.412. The Morgan fingerprint density at radius 3 is 1.94 bits per heavy atom. The summed E-state index contributed by atoms with van der Waals surface area (Å²) in [5.41, 5.74) is -6.32. The molecule has 35 heavy (non-hydrogen) atoms. The second-order valence-corrected chi connectivity index (χ2v) is 8.58. The van der Waals surface area contributed by atoms with Crippen LogP contribution in [0, 0.1) is 0 Å². The average Bonchev–Trinajstić information content (AvgIpc) is 2.78. The minimum absolute atomic E-state index is 0.0172. The second-order valence-electron chi connectivity index (χ2n) is 6.85. The van der Waals surface area contributed by atoms with E-state index in [-0.39, 0.29) is 30.9 Å². The molecular formula is C23H25F6O5P. The van der Waals surface area contributed by atoms with Gasteiger partial charge in [-0.25, -0.2) is 0 Å². The van der Waals surface area contributed by atoms with Gasteiger partial charge in [-0.2, -0.15) is 26.3 Å². The summed E-state index contributed by atoms with van der Waals surface area (Å²) in [7, 11) is -2.69. The average molecular weight is 526 g/mol. The summed E-state index contributed by atoms with van der Waals surface area (Å²) in [6.45, 7) is 5.53. The second kappa shape index (κ2) is 12.6. The van der Waals surface area contributed by atoms with E-state index in [4.69, 9.17) is 18.7 Å². The zero-order chi connectivity index (χ0) is 26.2. The summed E-state index contributed by atoms with van der Waals surface area (Å²) in [4.78, 5) is 13.5. The lowest BCUT2D eigenvalue weighted by Gasteiger charge is -2.24. The van der Waals surface area contributed by atoms with Crippen LogP contribution in [0.2, 0.25) is 0 Å². The predicted octanol–water partition coefficient (Wildman–Crippen LogP) is 6.44. The SMILES string of the molecule is CCOCCOP(C(=O)c1c(C(F)(F)F)cccc1C(F)(F)F)c1ccc(OCC)cc1OCC. The van der Waals surface area contributed by atoms with Gasteiger partial charge >= 0.3 is 12.4 Å². The monoisotopic (exact) mass is 526 g/mol. The van der Waals surface area contributed by atoms with Crippen LogP contribution in [0.25, 0.3) is 0 Å². The van der Waals surface area contributed by atoms with Crippen LogP contribution >= 0.6 is 8.15 Å². The maximum atomic E-state index is 13.7. The van der Waals surface area contributed by atoms with Gasteiger partial charge in [-0.05, 0) is 45.0 Å². The van der Waals surface area contributed by atoms with Gasteiger partial charge in [-0.3, -0.25) is 4.79 Å².